The Kier molecular flexibility index (Phi) is 8.99. The van der Waals surface area contributed by atoms with Gasteiger partial charge in [0.05, 0.1) is 22.6 Å². The lowest BCUT2D eigenvalue weighted by atomic mass is 9.94. The van der Waals surface area contributed by atoms with E-state index in [9.17, 15) is 26.4 Å². The summed E-state index contributed by atoms with van der Waals surface area (Å²) < 4.78 is 75.3. The molecule has 0 unspecified atom stereocenters. The van der Waals surface area contributed by atoms with E-state index in [2.05, 4.69) is 15.5 Å². The summed E-state index contributed by atoms with van der Waals surface area (Å²) >= 11 is 13.3. The molecular formula is C28H29Cl2F3N4O5S. The Morgan fingerprint density at radius 1 is 1.12 bits per heavy atom. The van der Waals surface area contributed by atoms with Gasteiger partial charge in [-0.25, -0.2) is 8.42 Å². The smallest absolute Gasteiger partial charge is 0.381 e. The Hall–Kier alpha value is -2.87. The third-order valence-corrected chi connectivity index (χ3v) is 9.99. The maximum atomic E-state index is 13.4. The number of hydrogen-bond donors (Lipinski definition) is 1. The fourth-order valence-electron chi connectivity index (χ4n) is 5.21. The number of rotatable bonds is 10. The molecule has 1 amide bonds. The number of ether oxygens (including phenoxy) is 1. The molecule has 2 aliphatic rings. The van der Waals surface area contributed by atoms with E-state index < -0.39 is 40.4 Å². The Bertz CT molecular complexity index is 1570. The van der Waals surface area contributed by atoms with Gasteiger partial charge in [0, 0.05) is 46.1 Å². The van der Waals surface area contributed by atoms with Gasteiger partial charge in [0.1, 0.15) is 6.54 Å². The lowest BCUT2D eigenvalue weighted by molar-refractivity contribution is -0.122. The van der Waals surface area contributed by atoms with Crippen molar-refractivity contribution in [2.75, 3.05) is 42.3 Å². The van der Waals surface area contributed by atoms with Crippen LogP contribution in [0.2, 0.25) is 10.0 Å². The maximum Gasteiger partial charge on any atom is 0.405 e. The predicted molar refractivity (Wildman–Crippen MR) is 155 cm³/mol. The van der Waals surface area contributed by atoms with Crippen molar-refractivity contribution in [2.24, 2.45) is 0 Å². The number of nitrogens with zero attached hydrogens (tertiary/aromatic N) is 3. The van der Waals surface area contributed by atoms with E-state index in [4.69, 9.17) is 32.5 Å². The number of halogens is 5. The second-order valence-corrected chi connectivity index (χ2v) is 13.7. The Balaban J connectivity index is 1.32. The molecule has 43 heavy (non-hydrogen) atoms. The molecule has 1 aliphatic heterocycles. The number of amides is 1. The van der Waals surface area contributed by atoms with E-state index >= 15 is 0 Å². The molecule has 0 spiro atoms. The van der Waals surface area contributed by atoms with Gasteiger partial charge in [-0.15, -0.1) is 0 Å². The summed E-state index contributed by atoms with van der Waals surface area (Å²) in [5.41, 5.74) is 0.190. The number of hydrogen-bond acceptors (Lipinski definition) is 8. The van der Waals surface area contributed by atoms with Gasteiger partial charge in [-0.3, -0.25) is 4.79 Å². The number of benzene rings is 2. The average molecular weight is 662 g/mol. The van der Waals surface area contributed by atoms with Crippen molar-refractivity contribution < 1.29 is 35.6 Å². The van der Waals surface area contributed by atoms with Gasteiger partial charge in [-0.1, -0.05) is 35.3 Å². The molecule has 9 nitrogen and oxygen atoms in total. The fraction of sp³-hybridized carbons (Fsp3) is 0.464. The van der Waals surface area contributed by atoms with Crippen LogP contribution in [0.4, 0.5) is 24.5 Å². The molecular weight excluding hydrogens is 632 g/mol. The van der Waals surface area contributed by atoms with Gasteiger partial charge in [-0.05, 0) is 62.1 Å². The van der Waals surface area contributed by atoms with Crippen molar-refractivity contribution >= 4 is 50.3 Å². The molecule has 2 aromatic carbocycles. The Morgan fingerprint density at radius 2 is 1.74 bits per heavy atom. The molecule has 1 saturated heterocycles. The normalized spacial score (nSPS) is 17.1. The summed E-state index contributed by atoms with van der Waals surface area (Å²) in [6, 6.07) is 7.89. The van der Waals surface area contributed by atoms with Crippen LogP contribution in [0.25, 0.3) is 0 Å². The first kappa shape index (κ1) is 31.6. The molecule has 2 heterocycles. The van der Waals surface area contributed by atoms with E-state index in [1.807, 2.05) is 0 Å². The minimum atomic E-state index is -4.62. The van der Waals surface area contributed by atoms with Crippen LogP contribution in [0.3, 0.4) is 0 Å². The number of carbonyl (C=O) groups excluding carboxylic acids is 1. The third-order valence-electron chi connectivity index (χ3n) is 7.64. The monoisotopic (exact) mass is 660 g/mol. The van der Waals surface area contributed by atoms with Crippen molar-refractivity contribution in [2.45, 2.75) is 55.0 Å². The minimum Gasteiger partial charge on any atom is -0.381 e. The first-order chi connectivity index (χ1) is 20.3. The van der Waals surface area contributed by atoms with Crippen molar-refractivity contribution in [3.8, 4) is 0 Å². The van der Waals surface area contributed by atoms with Crippen LogP contribution in [0.15, 0.2) is 45.8 Å². The molecule has 232 valence electrons. The van der Waals surface area contributed by atoms with Gasteiger partial charge in [0.2, 0.25) is 11.8 Å². The zero-order chi connectivity index (χ0) is 31.0. The number of nitrogens with one attached hydrogen (secondary N) is 1. The number of alkyl halides is 3. The number of carbonyl (C=O) groups is 1. The van der Waals surface area contributed by atoms with Crippen molar-refractivity contribution in [1.29, 1.82) is 0 Å². The van der Waals surface area contributed by atoms with Crippen LogP contribution in [-0.2, 0) is 24.8 Å². The van der Waals surface area contributed by atoms with Crippen molar-refractivity contribution in [1.82, 2.24) is 10.1 Å². The quantitative estimate of drug-likeness (QED) is 0.275. The fourth-order valence-corrected chi connectivity index (χ4v) is 6.95. The molecule has 0 atom stereocenters. The van der Waals surface area contributed by atoms with Crippen molar-refractivity contribution in [3.63, 3.8) is 0 Å². The van der Waals surface area contributed by atoms with E-state index in [0.717, 1.165) is 17.7 Å². The molecule has 3 aromatic rings. The molecule has 5 rings (SSSR count). The van der Waals surface area contributed by atoms with Crippen LogP contribution in [0.5, 0.6) is 0 Å². The van der Waals surface area contributed by atoms with Crippen LogP contribution in [0, 0.1) is 0 Å². The lowest BCUT2D eigenvalue weighted by Crippen LogP contribution is -2.39. The van der Waals surface area contributed by atoms with Gasteiger partial charge < -0.3 is 19.5 Å². The van der Waals surface area contributed by atoms with E-state index in [0.29, 0.717) is 43.3 Å². The zero-order valence-electron chi connectivity index (χ0n) is 23.1. The zero-order valence-corrected chi connectivity index (χ0v) is 25.4. The molecule has 15 heteroatoms. The van der Waals surface area contributed by atoms with Crippen LogP contribution in [0.1, 0.15) is 55.8 Å². The Morgan fingerprint density at radius 3 is 2.30 bits per heavy atom. The first-order valence-corrected chi connectivity index (χ1v) is 16.1. The molecule has 1 aliphatic carbocycles. The molecule has 2 fully saturated rings. The Labute approximate surface area is 256 Å². The topological polar surface area (TPSA) is 115 Å². The third kappa shape index (κ3) is 7.11. The molecule has 1 saturated carbocycles. The minimum absolute atomic E-state index is 0.0198. The highest BCUT2D eigenvalue weighted by atomic mass is 35.5. The second kappa shape index (κ2) is 12.3. The van der Waals surface area contributed by atoms with Gasteiger partial charge >= 0.3 is 6.18 Å². The summed E-state index contributed by atoms with van der Waals surface area (Å²) in [6.07, 6.45) is -1.67. The van der Waals surface area contributed by atoms with Crippen LogP contribution in [-0.4, -0.2) is 62.7 Å². The maximum absolute atomic E-state index is 13.4. The van der Waals surface area contributed by atoms with Gasteiger partial charge in [-0.2, -0.15) is 18.2 Å². The number of anilines is 2. The van der Waals surface area contributed by atoms with Crippen LogP contribution < -0.4 is 10.2 Å². The summed E-state index contributed by atoms with van der Waals surface area (Å²) in [7, 11) is -3.54. The summed E-state index contributed by atoms with van der Waals surface area (Å²) in [6.45, 7) is 0.625. The van der Waals surface area contributed by atoms with E-state index in [-0.39, 0.29) is 38.0 Å². The highest BCUT2D eigenvalue weighted by Crippen LogP contribution is 2.57. The first-order valence-electron chi connectivity index (χ1n) is 13.7. The molecule has 0 bridgehead atoms. The SMILES string of the molecule is CCS(=O)(=O)c1ccc(N(CC(=O)Nc2cc(Cl)c(C3(c4noc(C5CCOCC5)n4)CC3)c(Cl)c2)CC(F)(F)F)cc1. The highest BCUT2D eigenvalue weighted by Gasteiger charge is 2.52. The second-order valence-electron chi connectivity index (χ2n) is 10.7. The lowest BCUT2D eigenvalue weighted by Gasteiger charge is -2.26. The van der Waals surface area contributed by atoms with Gasteiger partial charge in [0.15, 0.2) is 15.7 Å². The van der Waals surface area contributed by atoms with Crippen LogP contribution >= 0.6 is 23.2 Å². The highest BCUT2D eigenvalue weighted by molar-refractivity contribution is 7.91. The summed E-state index contributed by atoms with van der Waals surface area (Å²) in [5.74, 6) is 0.239. The standard InChI is InChI=1S/C28H29Cl2F3N4O5S/c1-2-43(39,40)20-5-3-19(4-6-20)37(16-28(31,32)33)15-23(38)34-18-13-21(29)24(22(30)14-18)27(9-10-27)26-35-25(42-36-26)17-7-11-41-12-8-17/h3-6,13-14,17H,2,7-12,15-16H2,1H3,(H,34,38). The average Bonchev–Trinajstić information content (AvgIpc) is 3.58. The number of sulfone groups is 1. The number of aromatic nitrogens is 2. The largest absolute Gasteiger partial charge is 0.405 e. The van der Waals surface area contributed by atoms with Gasteiger partial charge in [0.25, 0.3) is 0 Å². The predicted octanol–water partition coefficient (Wildman–Crippen LogP) is 6.15. The van der Waals surface area contributed by atoms with E-state index in [1.165, 1.54) is 43.3 Å². The molecule has 1 N–H and O–H groups in total. The molecule has 1 aromatic heterocycles. The summed E-state index contributed by atoms with van der Waals surface area (Å²) in [4.78, 5) is 18.3. The molecule has 0 radical (unpaired) electrons. The summed E-state index contributed by atoms with van der Waals surface area (Å²) in [5, 5.41) is 7.29. The van der Waals surface area contributed by atoms with E-state index in [1.54, 1.807) is 0 Å². The van der Waals surface area contributed by atoms with Crippen molar-refractivity contribution in [3.05, 3.63) is 63.7 Å².